The molecule has 0 spiro atoms. The lowest BCUT2D eigenvalue weighted by Gasteiger charge is -2.16. The van der Waals surface area contributed by atoms with E-state index in [0.717, 1.165) is 12.1 Å². The zero-order valence-corrected chi connectivity index (χ0v) is 22.1. The van der Waals surface area contributed by atoms with Crippen molar-refractivity contribution < 1.29 is 27.9 Å². The normalized spacial score (nSPS) is 12.1. The molecule has 42 heavy (non-hydrogen) atoms. The summed E-state index contributed by atoms with van der Waals surface area (Å²) in [4.78, 5) is 24.9. The van der Waals surface area contributed by atoms with Crippen LogP contribution in [0.5, 0.6) is 0 Å². The van der Waals surface area contributed by atoms with Gasteiger partial charge in [0.15, 0.2) is 0 Å². The minimum Gasteiger partial charge on any atom is -0.478 e. The van der Waals surface area contributed by atoms with Crippen LogP contribution in [0.2, 0.25) is 0 Å². The molecule has 0 fully saturated rings. The van der Waals surface area contributed by atoms with Gasteiger partial charge < -0.3 is 10.4 Å². The largest absolute Gasteiger partial charge is 0.478 e. The summed E-state index contributed by atoms with van der Waals surface area (Å²) in [6, 6.07) is 22.6. The van der Waals surface area contributed by atoms with Gasteiger partial charge in [0.05, 0.1) is 40.9 Å². The molecule has 8 nitrogen and oxygen atoms in total. The quantitative estimate of drug-likeness (QED) is 0.240. The van der Waals surface area contributed by atoms with Crippen LogP contribution in [0.1, 0.15) is 55.9 Å². The second kappa shape index (κ2) is 11.2. The van der Waals surface area contributed by atoms with Crippen molar-refractivity contribution in [1.82, 2.24) is 20.3 Å². The van der Waals surface area contributed by atoms with Crippen molar-refractivity contribution in [3.63, 3.8) is 0 Å². The van der Waals surface area contributed by atoms with Gasteiger partial charge in [0.25, 0.3) is 5.91 Å². The predicted molar refractivity (Wildman–Crippen MR) is 148 cm³/mol. The monoisotopic (exact) mass is 569 g/mol. The zero-order valence-electron chi connectivity index (χ0n) is 22.1. The van der Waals surface area contributed by atoms with Crippen molar-refractivity contribution in [3.05, 3.63) is 118 Å². The molecular weight excluding hydrogens is 547 g/mol. The van der Waals surface area contributed by atoms with Gasteiger partial charge in [0, 0.05) is 0 Å². The van der Waals surface area contributed by atoms with Crippen molar-refractivity contribution in [1.29, 1.82) is 5.26 Å². The number of carbonyl (C=O) groups excluding carboxylic acids is 1. The molecule has 1 amide bonds. The first-order chi connectivity index (χ1) is 20.0. The molecule has 2 N–H and O–H groups in total. The van der Waals surface area contributed by atoms with Crippen LogP contribution >= 0.6 is 0 Å². The summed E-state index contributed by atoms with van der Waals surface area (Å²) in [6.07, 6.45) is -4.46. The van der Waals surface area contributed by atoms with Gasteiger partial charge in [-0.15, -0.1) is 5.10 Å². The number of carbonyl (C=O) groups is 2. The number of nitrogens with zero attached hydrogens (tertiary/aromatic N) is 4. The first-order valence-corrected chi connectivity index (χ1v) is 12.7. The molecule has 0 aliphatic heterocycles. The minimum absolute atomic E-state index is 0.0599. The summed E-state index contributed by atoms with van der Waals surface area (Å²) in [7, 11) is 0. The van der Waals surface area contributed by atoms with Crippen LogP contribution in [0, 0.1) is 11.3 Å². The van der Waals surface area contributed by atoms with Crippen LogP contribution in [0.4, 0.5) is 13.2 Å². The number of alkyl halides is 3. The van der Waals surface area contributed by atoms with Gasteiger partial charge in [-0.05, 0) is 77.7 Å². The number of carboxylic acids is 1. The van der Waals surface area contributed by atoms with E-state index in [1.54, 1.807) is 55.5 Å². The fraction of sp³-hybridized carbons (Fsp3) is 0.129. The van der Waals surface area contributed by atoms with E-state index in [1.165, 1.54) is 28.9 Å². The summed E-state index contributed by atoms with van der Waals surface area (Å²) in [6.45, 7) is 1.81. The average Bonchev–Trinajstić information content (AvgIpc) is 3.38. The molecule has 0 saturated heterocycles. The van der Waals surface area contributed by atoms with E-state index in [2.05, 4.69) is 21.7 Å². The zero-order chi connectivity index (χ0) is 30.0. The number of aromatic nitrogens is 3. The van der Waals surface area contributed by atoms with Crippen LogP contribution in [0.3, 0.4) is 0 Å². The highest BCUT2D eigenvalue weighted by molar-refractivity contribution is 6.06. The third-order valence-electron chi connectivity index (χ3n) is 6.80. The molecule has 1 heterocycles. The number of benzene rings is 4. The molecule has 0 saturated carbocycles. The van der Waals surface area contributed by atoms with E-state index < -0.39 is 29.7 Å². The lowest BCUT2D eigenvalue weighted by atomic mass is 9.99. The highest BCUT2D eigenvalue weighted by Gasteiger charge is 2.30. The van der Waals surface area contributed by atoms with Gasteiger partial charge in [0.2, 0.25) is 0 Å². The first kappa shape index (κ1) is 28.0. The van der Waals surface area contributed by atoms with Crippen molar-refractivity contribution >= 4 is 22.9 Å². The lowest BCUT2D eigenvalue weighted by Crippen LogP contribution is -2.27. The molecule has 0 bridgehead atoms. The Morgan fingerprint density at radius 3 is 2.36 bits per heavy atom. The lowest BCUT2D eigenvalue weighted by molar-refractivity contribution is -0.137. The summed E-state index contributed by atoms with van der Waals surface area (Å²) < 4.78 is 40.6. The third-order valence-corrected chi connectivity index (χ3v) is 6.80. The Labute approximate surface area is 237 Å². The van der Waals surface area contributed by atoms with Crippen LogP contribution in [0.15, 0.2) is 84.9 Å². The molecule has 0 aliphatic carbocycles. The Hall–Kier alpha value is -5.50. The van der Waals surface area contributed by atoms with Gasteiger partial charge in [-0.25, -0.2) is 9.48 Å². The number of rotatable bonds is 7. The van der Waals surface area contributed by atoms with Crippen molar-refractivity contribution in [2.24, 2.45) is 0 Å². The Balaban J connectivity index is 1.54. The summed E-state index contributed by atoms with van der Waals surface area (Å²) >= 11 is 0. The fourth-order valence-corrected chi connectivity index (χ4v) is 4.58. The Morgan fingerprint density at radius 1 is 1.00 bits per heavy atom. The Bertz CT molecular complexity index is 1840. The molecule has 5 aromatic rings. The number of nitriles is 1. The summed E-state index contributed by atoms with van der Waals surface area (Å²) in [5, 5.41) is 29.9. The highest BCUT2D eigenvalue weighted by atomic mass is 19.4. The van der Waals surface area contributed by atoms with Gasteiger partial charge in [-0.3, -0.25) is 4.79 Å². The Kier molecular flexibility index (Phi) is 7.46. The standard InChI is InChI=1S/C31H22F3N5O3/c1-18(21-7-9-22(10-8-21)30(41)42)36-29(40)26-14-24(23-4-2-3-20(13-23)16-35)15-27-28(26)39(38-37-27)17-19-5-11-25(12-6-19)31(32,33)34/h2-15,18H,17H2,1H3,(H,36,40)(H,41,42)/t18-/m0/s1. The molecule has 11 heteroatoms. The maximum atomic E-state index is 13.7. The molecule has 1 atom stereocenters. The maximum absolute atomic E-state index is 13.7. The van der Waals surface area contributed by atoms with Crippen molar-refractivity contribution in [3.8, 4) is 17.2 Å². The molecule has 0 radical (unpaired) electrons. The van der Waals surface area contributed by atoms with E-state index in [4.69, 9.17) is 0 Å². The summed E-state index contributed by atoms with van der Waals surface area (Å²) in [5.74, 6) is -1.53. The number of carboxylic acid groups (broad SMARTS) is 1. The number of nitrogens with one attached hydrogen (secondary N) is 1. The van der Waals surface area contributed by atoms with Gasteiger partial charge >= 0.3 is 12.1 Å². The van der Waals surface area contributed by atoms with Crippen LogP contribution < -0.4 is 5.32 Å². The molecule has 1 aromatic heterocycles. The van der Waals surface area contributed by atoms with Crippen LogP contribution in [-0.4, -0.2) is 32.0 Å². The number of halogens is 3. The number of fused-ring (bicyclic) bond motifs is 1. The number of amides is 1. The second-order valence-corrected chi connectivity index (χ2v) is 9.65. The van der Waals surface area contributed by atoms with Gasteiger partial charge in [-0.2, -0.15) is 18.4 Å². The molecule has 0 unspecified atom stereocenters. The second-order valence-electron chi connectivity index (χ2n) is 9.65. The smallest absolute Gasteiger partial charge is 0.416 e. The van der Waals surface area contributed by atoms with Crippen LogP contribution in [-0.2, 0) is 12.7 Å². The van der Waals surface area contributed by atoms with E-state index in [1.807, 2.05) is 0 Å². The summed E-state index contributed by atoms with van der Waals surface area (Å²) in [5.41, 5.74) is 3.25. The minimum atomic E-state index is -4.46. The molecule has 4 aromatic carbocycles. The number of aromatic carboxylic acids is 1. The molecule has 0 aliphatic rings. The average molecular weight is 570 g/mol. The topological polar surface area (TPSA) is 121 Å². The third kappa shape index (κ3) is 5.83. The predicted octanol–water partition coefficient (Wildman–Crippen LogP) is 6.23. The number of hydrogen-bond donors (Lipinski definition) is 2. The molecular formula is C31H22F3N5O3. The SMILES string of the molecule is C[C@H](NC(=O)c1cc(-c2cccc(C#N)c2)cc2nnn(Cc3ccc(C(F)(F)F)cc3)c12)c1ccc(C(=O)O)cc1. The van der Waals surface area contributed by atoms with E-state index in [-0.39, 0.29) is 17.7 Å². The van der Waals surface area contributed by atoms with E-state index >= 15 is 0 Å². The van der Waals surface area contributed by atoms with Crippen LogP contribution in [0.25, 0.3) is 22.2 Å². The van der Waals surface area contributed by atoms with Gasteiger partial charge in [-0.1, -0.05) is 41.6 Å². The maximum Gasteiger partial charge on any atom is 0.416 e. The van der Waals surface area contributed by atoms with Crippen molar-refractivity contribution in [2.45, 2.75) is 25.7 Å². The number of hydrogen-bond acceptors (Lipinski definition) is 5. The van der Waals surface area contributed by atoms with E-state index in [9.17, 15) is 33.1 Å². The molecule has 5 rings (SSSR count). The van der Waals surface area contributed by atoms with E-state index in [0.29, 0.717) is 38.9 Å². The fourth-order valence-electron chi connectivity index (χ4n) is 4.58. The van der Waals surface area contributed by atoms with Crippen molar-refractivity contribution in [2.75, 3.05) is 0 Å². The first-order valence-electron chi connectivity index (χ1n) is 12.7. The highest BCUT2D eigenvalue weighted by Crippen LogP contribution is 2.31. The molecule has 210 valence electrons. The Morgan fingerprint density at radius 2 is 1.71 bits per heavy atom. The van der Waals surface area contributed by atoms with Gasteiger partial charge in [0.1, 0.15) is 11.0 Å².